The summed E-state index contributed by atoms with van der Waals surface area (Å²) in [4.78, 5) is 16.7. The van der Waals surface area contributed by atoms with E-state index in [9.17, 15) is 0 Å². The molecular formula is C30H30N4O. The number of likely N-dealkylation sites (tertiary alicyclic amines) is 1. The first kappa shape index (κ1) is 21.9. The molecule has 0 saturated carbocycles. The molecule has 0 N–H and O–H groups in total. The molecule has 5 heteroatoms. The van der Waals surface area contributed by atoms with Gasteiger partial charge in [0, 0.05) is 55.1 Å². The van der Waals surface area contributed by atoms with E-state index >= 15 is 0 Å². The highest BCUT2D eigenvalue weighted by molar-refractivity contribution is 5.70. The fourth-order valence-electron chi connectivity index (χ4n) is 5.45. The van der Waals surface area contributed by atoms with Crippen molar-refractivity contribution in [2.75, 3.05) is 19.7 Å². The summed E-state index contributed by atoms with van der Waals surface area (Å²) >= 11 is 0. The molecular weight excluding hydrogens is 432 g/mol. The molecule has 2 aliphatic rings. The highest BCUT2D eigenvalue weighted by atomic mass is 16.5. The molecule has 2 aromatic carbocycles. The van der Waals surface area contributed by atoms with Crippen LogP contribution in [0.15, 0.2) is 73.2 Å². The van der Waals surface area contributed by atoms with E-state index in [-0.39, 0.29) is 0 Å². The average molecular weight is 463 g/mol. The predicted octanol–water partition coefficient (Wildman–Crippen LogP) is 5.83. The number of hydrogen-bond donors (Lipinski definition) is 0. The molecule has 0 bridgehead atoms. The molecule has 1 atom stereocenters. The molecule has 6 rings (SSSR count). The van der Waals surface area contributed by atoms with Crippen molar-refractivity contribution in [1.29, 1.82) is 0 Å². The Morgan fingerprint density at radius 2 is 1.91 bits per heavy atom. The standard InChI is InChI=1S/C30H30N4O/c1-21-5-2-3-7-26(21)27-18-32-30(23-10-13-31-14-11-23)33-29(27)25-6-4-15-34(20-25)19-22-8-9-28-24(17-22)12-16-35-28/h2-3,5,7-11,13-14,17-18,25H,4,6,12,15-16,19-20H2,1H3. The number of piperidine rings is 1. The quantitative estimate of drug-likeness (QED) is 0.374. The summed E-state index contributed by atoms with van der Waals surface area (Å²) in [5, 5.41) is 0. The average Bonchev–Trinajstić information content (AvgIpc) is 3.37. The summed E-state index contributed by atoms with van der Waals surface area (Å²) in [6, 6.07) is 19.2. The molecule has 2 aromatic heterocycles. The van der Waals surface area contributed by atoms with Crippen molar-refractivity contribution in [3.63, 3.8) is 0 Å². The van der Waals surface area contributed by atoms with Crippen molar-refractivity contribution in [2.45, 2.75) is 38.6 Å². The largest absolute Gasteiger partial charge is 0.493 e. The van der Waals surface area contributed by atoms with Gasteiger partial charge in [-0.25, -0.2) is 9.97 Å². The van der Waals surface area contributed by atoms with Crippen LogP contribution in [0.3, 0.4) is 0 Å². The Kier molecular flexibility index (Phi) is 6.01. The number of hydrogen-bond acceptors (Lipinski definition) is 5. The fraction of sp³-hybridized carbons (Fsp3) is 0.300. The van der Waals surface area contributed by atoms with Gasteiger partial charge in [-0.05, 0) is 66.8 Å². The van der Waals surface area contributed by atoms with Crippen LogP contribution < -0.4 is 4.74 Å². The molecule has 0 amide bonds. The van der Waals surface area contributed by atoms with E-state index in [0.29, 0.717) is 5.92 Å². The van der Waals surface area contributed by atoms with Gasteiger partial charge in [0.1, 0.15) is 5.75 Å². The van der Waals surface area contributed by atoms with Crippen LogP contribution in [0.25, 0.3) is 22.5 Å². The van der Waals surface area contributed by atoms with Gasteiger partial charge in [0.25, 0.3) is 0 Å². The van der Waals surface area contributed by atoms with Gasteiger partial charge in [0.15, 0.2) is 5.82 Å². The van der Waals surface area contributed by atoms with E-state index in [4.69, 9.17) is 14.7 Å². The SMILES string of the molecule is Cc1ccccc1-c1cnc(-c2ccncc2)nc1C1CCCN(Cc2ccc3c(c2)CCO3)C1. The Morgan fingerprint density at radius 3 is 2.80 bits per heavy atom. The lowest BCUT2D eigenvalue weighted by Crippen LogP contribution is -2.34. The first-order chi connectivity index (χ1) is 17.2. The summed E-state index contributed by atoms with van der Waals surface area (Å²) in [6.07, 6.45) is 8.96. The Hall–Kier alpha value is -3.57. The Labute approximate surface area is 206 Å². The van der Waals surface area contributed by atoms with Crippen LogP contribution in [0.1, 0.15) is 41.1 Å². The minimum absolute atomic E-state index is 0.361. The maximum Gasteiger partial charge on any atom is 0.159 e. The topological polar surface area (TPSA) is 51.1 Å². The second kappa shape index (κ2) is 9.59. The van der Waals surface area contributed by atoms with Gasteiger partial charge >= 0.3 is 0 Å². The third-order valence-electron chi connectivity index (χ3n) is 7.24. The van der Waals surface area contributed by atoms with Crippen molar-refractivity contribution in [2.24, 2.45) is 0 Å². The third-order valence-corrected chi connectivity index (χ3v) is 7.24. The van der Waals surface area contributed by atoms with Gasteiger partial charge in [0.2, 0.25) is 0 Å². The zero-order valence-electron chi connectivity index (χ0n) is 20.2. The summed E-state index contributed by atoms with van der Waals surface area (Å²) in [5.74, 6) is 2.19. The lowest BCUT2D eigenvalue weighted by Gasteiger charge is -2.33. The van der Waals surface area contributed by atoms with E-state index in [2.05, 4.69) is 59.3 Å². The first-order valence-corrected chi connectivity index (χ1v) is 12.5. The molecule has 0 aliphatic carbocycles. The summed E-state index contributed by atoms with van der Waals surface area (Å²) in [7, 11) is 0. The monoisotopic (exact) mass is 462 g/mol. The van der Waals surface area contributed by atoms with Gasteiger partial charge in [-0.3, -0.25) is 9.88 Å². The number of nitrogens with zero attached hydrogens (tertiary/aromatic N) is 4. The highest BCUT2D eigenvalue weighted by Crippen LogP contribution is 2.36. The zero-order chi connectivity index (χ0) is 23.6. The lowest BCUT2D eigenvalue weighted by molar-refractivity contribution is 0.198. The highest BCUT2D eigenvalue weighted by Gasteiger charge is 2.27. The van der Waals surface area contributed by atoms with Crippen molar-refractivity contribution in [3.8, 4) is 28.3 Å². The van der Waals surface area contributed by atoms with Crippen LogP contribution in [0.5, 0.6) is 5.75 Å². The number of benzene rings is 2. The van der Waals surface area contributed by atoms with E-state index < -0.39 is 0 Å². The number of aryl methyl sites for hydroxylation is 1. The number of pyridine rings is 1. The molecule has 5 nitrogen and oxygen atoms in total. The Morgan fingerprint density at radius 1 is 1.03 bits per heavy atom. The van der Waals surface area contributed by atoms with E-state index in [1.54, 1.807) is 12.4 Å². The molecule has 176 valence electrons. The van der Waals surface area contributed by atoms with Crippen LogP contribution in [0.2, 0.25) is 0 Å². The molecule has 0 radical (unpaired) electrons. The normalized spacial score (nSPS) is 17.7. The number of ether oxygens (including phenoxy) is 1. The number of fused-ring (bicyclic) bond motifs is 1. The fourth-order valence-corrected chi connectivity index (χ4v) is 5.45. The van der Waals surface area contributed by atoms with Crippen molar-refractivity contribution < 1.29 is 4.74 Å². The maximum absolute atomic E-state index is 5.70. The first-order valence-electron chi connectivity index (χ1n) is 12.5. The molecule has 1 fully saturated rings. The minimum atomic E-state index is 0.361. The predicted molar refractivity (Wildman–Crippen MR) is 138 cm³/mol. The Bertz CT molecular complexity index is 1340. The summed E-state index contributed by atoms with van der Waals surface area (Å²) in [6.45, 7) is 6.05. The molecule has 0 spiro atoms. The summed E-state index contributed by atoms with van der Waals surface area (Å²) < 4.78 is 5.70. The minimum Gasteiger partial charge on any atom is -0.493 e. The van der Waals surface area contributed by atoms with Crippen LogP contribution in [-0.4, -0.2) is 39.5 Å². The molecule has 2 aliphatic heterocycles. The molecule has 1 saturated heterocycles. The van der Waals surface area contributed by atoms with Gasteiger partial charge in [0.05, 0.1) is 12.3 Å². The van der Waals surface area contributed by atoms with Crippen LogP contribution in [0.4, 0.5) is 0 Å². The molecule has 4 heterocycles. The smallest absolute Gasteiger partial charge is 0.159 e. The maximum atomic E-state index is 5.70. The van der Waals surface area contributed by atoms with Crippen LogP contribution in [0, 0.1) is 6.92 Å². The van der Waals surface area contributed by atoms with Gasteiger partial charge in [-0.15, -0.1) is 0 Å². The second-order valence-corrected chi connectivity index (χ2v) is 9.66. The zero-order valence-corrected chi connectivity index (χ0v) is 20.2. The molecule has 1 unspecified atom stereocenters. The van der Waals surface area contributed by atoms with Crippen LogP contribution in [-0.2, 0) is 13.0 Å². The number of aromatic nitrogens is 3. The Balaban J connectivity index is 1.33. The molecule has 4 aromatic rings. The van der Waals surface area contributed by atoms with E-state index in [1.165, 1.54) is 28.7 Å². The van der Waals surface area contributed by atoms with Gasteiger partial charge in [-0.1, -0.05) is 36.4 Å². The lowest BCUT2D eigenvalue weighted by atomic mass is 9.88. The molecule has 35 heavy (non-hydrogen) atoms. The summed E-state index contributed by atoms with van der Waals surface area (Å²) in [5.41, 5.74) is 8.51. The van der Waals surface area contributed by atoms with Crippen molar-refractivity contribution in [1.82, 2.24) is 19.9 Å². The van der Waals surface area contributed by atoms with Gasteiger partial charge in [-0.2, -0.15) is 0 Å². The van der Waals surface area contributed by atoms with Crippen molar-refractivity contribution >= 4 is 0 Å². The van der Waals surface area contributed by atoms with Crippen molar-refractivity contribution in [3.05, 3.63) is 95.6 Å². The third kappa shape index (κ3) is 4.56. The van der Waals surface area contributed by atoms with E-state index in [0.717, 1.165) is 67.5 Å². The number of rotatable bonds is 5. The van der Waals surface area contributed by atoms with Gasteiger partial charge < -0.3 is 4.74 Å². The van der Waals surface area contributed by atoms with Crippen LogP contribution >= 0.6 is 0 Å². The second-order valence-electron chi connectivity index (χ2n) is 9.66. The van der Waals surface area contributed by atoms with E-state index in [1.807, 2.05) is 18.3 Å².